The Morgan fingerprint density at radius 3 is 2.84 bits per heavy atom. The van der Waals surface area contributed by atoms with Gasteiger partial charge in [0.1, 0.15) is 0 Å². The van der Waals surface area contributed by atoms with E-state index in [0.29, 0.717) is 30.1 Å². The van der Waals surface area contributed by atoms with E-state index in [9.17, 15) is 5.11 Å². The molecule has 1 saturated heterocycles. The van der Waals surface area contributed by atoms with Gasteiger partial charge >= 0.3 is 0 Å². The van der Waals surface area contributed by atoms with Crippen LogP contribution in [0.3, 0.4) is 0 Å². The minimum Gasteiger partial charge on any atom is -0.512 e. The molecule has 0 amide bonds. The maximum absolute atomic E-state index is 9.98. The molecule has 0 spiro atoms. The first-order valence-electron chi connectivity index (χ1n) is 9.52. The van der Waals surface area contributed by atoms with Crippen molar-refractivity contribution >= 4 is 5.69 Å². The standard InChI is InChI=1S/C22H29NO2/c1-22(2,3)15-9-10-19-18(13-15)21-17(8-5-11-25-21)20(23-19)14-6-4-7-16(24)12-14/h4,6-7,9-10,13-14,17,20-21,23-24H,5,8,11-12H2,1-3H3/t14?,17-,20-,21-/m0/s1. The molecule has 2 heterocycles. The molecule has 3 nitrogen and oxygen atoms in total. The predicted molar refractivity (Wildman–Crippen MR) is 102 cm³/mol. The van der Waals surface area contributed by atoms with E-state index in [0.717, 1.165) is 13.0 Å². The first-order valence-corrected chi connectivity index (χ1v) is 9.52. The minimum absolute atomic E-state index is 0.138. The van der Waals surface area contributed by atoms with Gasteiger partial charge in [-0.2, -0.15) is 0 Å². The highest BCUT2D eigenvalue weighted by Gasteiger charge is 2.42. The van der Waals surface area contributed by atoms with Gasteiger partial charge < -0.3 is 15.2 Å². The molecule has 25 heavy (non-hydrogen) atoms. The van der Waals surface area contributed by atoms with Crippen molar-refractivity contribution < 1.29 is 9.84 Å². The minimum atomic E-state index is 0.138. The highest BCUT2D eigenvalue weighted by molar-refractivity contribution is 5.58. The van der Waals surface area contributed by atoms with Crippen LogP contribution in [-0.4, -0.2) is 17.8 Å². The normalized spacial score (nSPS) is 31.6. The fourth-order valence-corrected chi connectivity index (χ4v) is 4.53. The van der Waals surface area contributed by atoms with Gasteiger partial charge in [0.05, 0.1) is 11.9 Å². The first kappa shape index (κ1) is 16.7. The van der Waals surface area contributed by atoms with Crippen molar-refractivity contribution in [2.24, 2.45) is 11.8 Å². The Hall–Kier alpha value is -1.74. The van der Waals surface area contributed by atoms with Crippen LogP contribution in [0.25, 0.3) is 0 Å². The van der Waals surface area contributed by atoms with E-state index in [-0.39, 0.29) is 11.5 Å². The summed E-state index contributed by atoms with van der Waals surface area (Å²) in [7, 11) is 0. The third-order valence-electron chi connectivity index (χ3n) is 5.93. The van der Waals surface area contributed by atoms with Crippen LogP contribution in [0.2, 0.25) is 0 Å². The summed E-state index contributed by atoms with van der Waals surface area (Å²) >= 11 is 0. The molecule has 2 aliphatic heterocycles. The number of hydrogen-bond donors (Lipinski definition) is 2. The van der Waals surface area contributed by atoms with Gasteiger partial charge in [0, 0.05) is 42.2 Å². The molecule has 2 N–H and O–H groups in total. The van der Waals surface area contributed by atoms with Crippen LogP contribution in [0.1, 0.15) is 57.3 Å². The zero-order chi connectivity index (χ0) is 17.6. The molecular formula is C22H29NO2. The molecule has 1 aliphatic carbocycles. The molecule has 1 fully saturated rings. The van der Waals surface area contributed by atoms with Crippen molar-refractivity contribution in [2.45, 2.75) is 57.6 Å². The average Bonchev–Trinajstić information content (AvgIpc) is 2.60. The number of ether oxygens (including phenoxy) is 1. The molecule has 0 bridgehead atoms. The van der Waals surface area contributed by atoms with Crippen LogP contribution in [0.4, 0.5) is 5.69 Å². The summed E-state index contributed by atoms with van der Waals surface area (Å²) in [5.41, 5.74) is 4.01. The summed E-state index contributed by atoms with van der Waals surface area (Å²) in [6.07, 6.45) is 9.20. The number of benzene rings is 1. The fraction of sp³-hybridized carbons (Fsp3) is 0.545. The zero-order valence-electron chi connectivity index (χ0n) is 15.5. The van der Waals surface area contributed by atoms with E-state index < -0.39 is 0 Å². The Morgan fingerprint density at radius 1 is 1.24 bits per heavy atom. The topological polar surface area (TPSA) is 41.5 Å². The van der Waals surface area contributed by atoms with Gasteiger partial charge in [-0.3, -0.25) is 0 Å². The van der Waals surface area contributed by atoms with Crippen LogP contribution >= 0.6 is 0 Å². The number of aliphatic hydroxyl groups excluding tert-OH is 1. The van der Waals surface area contributed by atoms with Gasteiger partial charge in [-0.1, -0.05) is 45.1 Å². The molecule has 3 heteroatoms. The second kappa shape index (κ2) is 6.21. The Balaban J connectivity index is 1.70. The summed E-state index contributed by atoms with van der Waals surface area (Å²) < 4.78 is 6.28. The van der Waals surface area contributed by atoms with E-state index in [4.69, 9.17) is 4.74 Å². The van der Waals surface area contributed by atoms with E-state index in [1.165, 1.54) is 23.2 Å². The molecule has 1 unspecified atom stereocenters. The monoisotopic (exact) mass is 339 g/mol. The van der Waals surface area contributed by atoms with Gasteiger partial charge in [-0.25, -0.2) is 0 Å². The highest BCUT2D eigenvalue weighted by atomic mass is 16.5. The lowest BCUT2D eigenvalue weighted by molar-refractivity contribution is -0.0422. The van der Waals surface area contributed by atoms with E-state index in [1.54, 1.807) is 6.08 Å². The van der Waals surface area contributed by atoms with Crippen molar-refractivity contribution in [1.82, 2.24) is 0 Å². The Bertz CT molecular complexity index is 713. The number of rotatable bonds is 1. The van der Waals surface area contributed by atoms with Crippen LogP contribution in [0.5, 0.6) is 0 Å². The number of allylic oxidation sites excluding steroid dienone is 3. The first-order chi connectivity index (χ1) is 11.9. The summed E-state index contributed by atoms with van der Waals surface area (Å²) in [5, 5.41) is 13.8. The number of fused-ring (bicyclic) bond motifs is 3. The van der Waals surface area contributed by atoms with E-state index >= 15 is 0 Å². The SMILES string of the molecule is CC(C)(C)c1ccc2c(c1)[C@H]1OCCC[C@H]1[C@H](C1C=CC=C(O)C1)N2. The number of nitrogens with one attached hydrogen (secondary N) is 1. The largest absolute Gasteiger partial charge is 0.512 e. The fourth-order valence-electron chi connectivity index (χ4n) is 4.53. The molecule has 1 aromatic rings. The van der Waals surface area contributed by atoms with Gasteiger partial charge in [0.15, 0.2) is 0 Å². The van der Waals surface area contributed by atoms with Gasteiger partial charge in [0.25, 0.3) is 0 Å². The Labute approximate surface area is 150 Å². The second-order valence-electron chi connectivity index (χ2n) is 8.73. The van der Waals surface area contributed by atoms with Crippen molar-refractivity contribution in [3.63, 3.8) is 0 Å². The molecule has 1 aromatic carbocycles. The summed E-state index contributed by atoms with van der Waals surface area (Å²) in [6, 6.07) is 7.11. The summed E-state index contributed by atoms with van der Waals surface area (Å²) in [4.78, 5) is 0. The maximum atomic E-state index is 9.98. The van der Waals surface area contributed by atoms with Gasteiger partial charge in [0.2, 0.25) is 0 Å². The lowest BCUT2D eigenvalue weighted by Gasteiger charge is -2.46. The van der Waals surface area contributed by atoms with Crippen LogP contribution < -0.4 is 5.32 Å². The quantitative estimate of drug-likeness (QED) is 0.733. The summed E-state index contributed by atoms with van der Waals surface area (Å²) in [6.45, 7) is 7.62. The van der Waals surface area contributed by atoms with Crippen LogP contribution in [0, 0.1) is 11.8 Å². The van der Waals surface area contributed by atoms with Crippen molar-refractivity contribution in [3.8, 4) is 0 Å². The van der Waals surface area contributed by atoms with Crippen LogP contribution in [0.15, 0.2) is 42.2 Å². The molecular weight excluding hydrogens is 310 g/mol. The summed E-state index contributed by atoms with van der Waals surface area (Å²) in [5.74, 6) is 1.25. The number of hydrogen-bond acceptors (Lipinski definition) is 3. The van der Waals surface area contributed by atoms with Gasteiger partial charge in [-0.15, -0.1) is 0 Å². The Kier molecular flexibility index (Phi) is 4.15. The maximum Gasteiger partial charge on any atom is 0.0929 e. The van der Waals surface area contributed by atoms with Crippen molar-refractivity contribution in [3.05, 3.63) is 53.3 Å². The average molecular weight is 339 g/mol. The smallest absolute Gasteiger partial charge is 0.0929 e. The van der Waals surface area contributed by atoms with E-state index in [2.05, 4.69) is 50.4 Å². The Morgan fingerprint density at radius 2 is 2.08 bits per heavy atom. The molecule has 0 aromatic heterocycles. The number of aliphatic hydroxyl groups is 1. The molecule has 3 aliphatic rings. The zero-order valence-corrected chi connectivity index (χ0v) is 15.5. The van der Waals surface area contributed by atoms with Crippen LogP contribution in [-0.2, 0) is 10.2 Å². The molecule has 0 radical (unpaired) electrons. The lowest BCUT2D eigenvalue weighted by atomic mass is 9.72. The third-order valence-corrected chi connectivity index (χ3v) is 5.93. The molecule has 0 saturated carbocycles. The predicted octanol–water partition coefficient (Wildman–Crippen LogP) is 5.26. The van der Waals surface area contributed by atoms with E-state index in [1.807, 2.05) is 6.08 Å². The number of anilines is 1. The lowest BCUT2D eigenvalue weighted by Crippen LogP contribution is -2.45. The molecule has 134 valence electrons. The molecule has 4 rings (SSSR count). The third kappa shape index (κ3) is 3.10. The van der Waals surface area contributed by atoms with Gasteiger partial charge in [-0.05, 0) is 36.0 Å². The second-order valence-corrected chi connectivity index (χ2v) is 8.73. The van der Waals surface area contributed by atoms with Crippen molar-refractivity contribution in [2.75, 3.05) is 11.9 Å². The molecule has 4 atom stereocenters. The highest BCUT2D eigenvalue weighted by Crippen LogP contribution is 2.47. The van der Waals surface area contributed by atoms with Crippen molar-refractivity contribution in [1.29, 1.82) is 0 Å².